The summed E-state index contributed by atoms with van der Waals surface area (Å²) < 4.78 is 1.94. The van der Waals surface area contributed by atoms with E-state index in [1.165, 1.54) is 11.3 Å². The number of aryl methyl sites for hydroxylation is 2. The molecule has 1 unspecified atom stereocenters. The molecular formula is C18H29IN6. The van der Waals surface area contributed by atoms with Crippen LogP contribution in [0.15, 0.2) is 29.4 Å². The minimum absolute atomic E-state index is 0. The van der Waals surface area contributed by atoms with Gasteiger partial charge in [0.15, 0.2) is 5.96 Å². The van der Waals surface area contributed by atoms with Gasteiger partial charge in [-0.25, -0.2) is 4.99 Å². The maximum Gasteiger partial charge on any atom is 0.191 e. The molecule has 0 aromatic carbocycles. The number of aliphatic imine (C=N–C) groups is 1. The van der Waals surface area contributed by atoms with Crippen molar-refractivity contribution in [3.8, 4) is 0 Å². The molecule has 6 nitrogen and oxygen atoms in total. The minimum Gasteiger partial charge on any atom is -0.357 e. The van der Waals surface area contributed by atoms with Gasteiger partial charge in [0.25, 0.3) is 0 Å². The lowest BCUT2D eigenvalue weighted by Crippen LogP contribution is -2.43. The molecule has 0 aliphatic heterocycles. The first-order valence-electron chi connectivity index (χ1n) is 8.45. The molecule has 2 heterocycles. The van der Waals surface area contributed by atoms with E-state index in [4.69, 9.17) is 0 Å². The van der Waals surface area contributed by atoms with E-state index in [0.29, 0.717) is 6.54 Å². The highest BCUT2D eigenvalue weighted by Gasteiger charge is 2.14. The summed E-state index contributed by atoms with van der Waals surface area (Å²) in [4.78, 5) is 8.94. The zero-order valence-electron chi connectivity index (χ0n) is 15.7. The Bertz CT molecular complexity index is 680. The van der Waals surface area contributed by atoms with Crippen molar-refractivity contribution in [3.63, 3.8) is 0 Å². The predicted molar refractivity (Wildman–Crippen MR) is 113 cm³/mol. The molecule has 2 rings (SSSR count). The molecule has 0 radical (unpaired) electrons. The fourth-order valence-corrected chi connectivity index (χ4v) is 2.68. The molecule has 0 spiro atoms. The van der Waals surface area contributed by atoms with Gasteiger partial charge in [0.05, 0.1) is 17.9 Å². The summed E-state index contributed by atoms with van der Waals surface area (Å²) in [6, 6.07) is 6.14. The third-order valence-electron chi connectivity index (χ3n) is 4.02. The molecule has 2 aromatic rings. The van der Waals surface area contributed by atoms with E-state index in [2.05, 4.69) is 53.4 Å². The number of pyridine rings is 1. The van der Waals surface area contributed by atoms with Gasteiger partial charge in [0.1, 0.15) is 0 Å². The molecule has 2 aromatic heterocycles. The quantitative estimate of drug-likeness (QED) is 0.399. The van der Waals surface area contributed by atoms with Gasteiger partial charge in [0, 0.05) is 31.5 Å². The molecule has 138 valence electrons. The fourth-order valence-electron chi connectivity index (χ4n) is 2.68. The summed E-state index contributed by atoms with van der Waals surface area (Å²) in [5.74, 6) is 0.815. The van der Waals surface area contributed by atoms with Gasteiger partial charge in [-0.3, -0.25) is 9.67 Å². The van der Waals surface area contributed by atoms with E-state index < -0.39 is 0 Å². The van der Waals surface area contributed by atoms with E-state index in [1.807, 2.05) is 29.9 Å². The van der Waals surface area contributed by atoms with Crippen molar-refractivity contribution >= 4 is 29.9 Å². The monoisotopic (exact) mass is 456 g/mol. The summed E-state index contributed by atoms with van der Waals surface area (Å²) in [5.41, 5.74) is 4.58. The summed E-state index contributed by atoms with van der Waals surface area (Å²) in [5, 5.41) is 11.3. The molecular weight excluding hydrogens is 427 g/mol. The Hall–Kier alpha value is -1.64. The zero-order valence-corrected chi connectivity index (χ0v) is 18.0. The number of guanidine groups is 1. The van der Waals surface area contributed by atoms with Crippen LogP contribution in [-0.2, 0) is 20.0 Å². The number of nitrogens with one attached hydrogen (secondary N) is 2. The summed E-state index contributed by atoms with van der Waals surface area (Å²) in [7, 11) is 1.99. The minimum atomic E-state index is 0. The van der Waals surface area contributed by atoms with Crippen molar-refractivity contribution in [1.82, 2.24) is 25.4 Å². The van der Waals surface area contributed by atoms with E-state index in [0.717, 1.165) is 30.3 Å². The van der Waals surface area contributed by atoms with Crippen LogP contribution in [0.4, 0.5) is 0 Å². The Labute approximate surface area is 167 Å². The van der Waals surface area contributed by atoms with E-state index in [9.17, 15) is 0 Å². The lowest BCUT2D eigenvalue weighted by molar-refractivity contribution is 0.635. The average Bonchev–Trinajstić information content (AvgIpc) is 2.80. The lowest BCUT2D eigenvalue weighted by Gasteiger charge is -2.18. The molecule has 0 bridgehead atoms. The van der Waals surface area contributed by atoms with Crippen molar-refractivity contribution in [2.24, 2.45) is 12.0 Å². The molecule has 0 aliphatic carbocycles. The normalized spacial score (nSPS) is 12.4. The van der Waals surface area contributed by atoms with Crippen LogP contribution >= 0.6 is 24.0 Å². The maximum absolute atomic E-state index is 4.63. The second kappa shape index (κ2) is 10.4. The van der Waals surface area contributed by atoms with E-state index in [1.54, 1.807) is 6.20 Å². The van der Waals surface area contributed by atoms with Crippen LogP contribution in [0, 0.1) is 13.8 Å². The van der Waals surface area contributed by atoms with Gasteiger partial charge < -0.3 is 10.6 Å². The van der Waals surface area contributed by atoms with Crippen molar-refractivity contribution < 1.29 is 0 Å². The largest absolute Gasteiger partial charge is 0.357 e. The second-order valence-corrected chi connectivity index (χ2v) is 6.04. The SMILES string of the molecule is CCNC(=NCc1ccccn1)NC(C)Cc1c(C)nn(C)c1C.I. The number of halogens is 1. The number of aromatic nitrogens is 3. The van der Waals surface area contributed by atoms with Gasteiger partial charge in [-0.2, -0.15) is 5.10 Å². The maximum atomic E-state index is 4.63. The molecule has 0 fully saturated rings. The Morgan fingerprint density at radius 3 is 2.64 bits per heavy atom. The first-order chi connectivity index (χ1) is 11.5. The Morgan fingerprint density at radius 2 is 2.08 bits per heavy atom. The fraction of sp³-hybridized carbons (Fsp3) is 0.500. The van der Waals surface area contributed by atoms with Gasteiger partial charge in [-0.15, -0.1) is 24.0 Å². The van der Waals surface area contributed by atoms with Crippen molar-refractivity contribution in [3.05, 3.63) is 47.0 Å². The molecule has 25 heavy (non-hydrogen) atoms. The molecule has 0 amide bonds. The smallest absolute Gasteiger partial charge is 0.191 e. The van der Waals surface area contributed by atoms with Crippen LogP contribution in [0.1, 0.15) is 36.5 Å². The third kappa shape index (κ3) is 6.30. The topological polar surface area (TPSA) is 67.1 Å². The third-order valence-corrected chi connectivity index (χ3v) is 4.02. The molecule has 1 atom stereocenters. The molecule has 0 aliphatic rings. The first-order valence-corrected chi connectivity index (χ1v) is 8.45. The Kier molecular flexibility index (Phi) is 8.88. The summed E-state index contributed by atoms with van der Waals surface area (Å²) in [6.45, 7) is 9.80. The highest BCUT2D eigenvalue weighted by atomic mass is 127. The first kappa shape index (κ1) is 21.4. The zero-order chi connectivity index (χ0) is 17.5. The van der Waals surface area contributed by atoms with Crippen molar-refractivity contribution in [2.45, 2.75) is 46.7 Å². The predicted octanol–water partition coefficient (Wildman–Crippen LogP) is 2.74. The standard InChI is InChI=1S/C18H28N6.HI/c1-6-19-18(21-12-16-9-7-8-10-20-16)22-13(2)11-17-14(3)23-24(5)15(17)4;/h7-10,13H,6,11-12H2,1-5H3,(H2,19,21,22);1H. The summed E-state index contributed by atoms with van der Waals surface area (Å²) >= 11 is 0. The van der Waals surface area contributed by atoms with Gasteiger partial charge in [0.2, 0.25) is 0 Å². The number of rotatable bonds is 6. The number of hydrogen-bond acceptors (Lipinski definition) is 3. The molecule has 7 heteroatoms. The summed E-state index contributed by atoms with van der Waals surface area (Å²) in [6.07, 6.45) is 2.71. The van der Waals surface area contributed by atoms with Crippen molar-refractivity contribution in [1.29, 1.82) is 0 Å². The highest BCUT2D eigenvalue weighted by Crippen LogP contribution is 2.14. The van der Waals surface area contributed by atoms with Crippen LogP contribution in [0.2, 0.25) is 0 Å². The second-order valence-electron chi connectivity index (χ2n) is 6.04. The highest BCUT2D eigenvalue weighted by molar-refractivity contribution is 14.0. The average molecular weight is 456 g/mol. The molecule has 2 N–H and O–H groups in total. The Morgan fingerprint density at radius 1 is 1.32 bits per heavy atom. The van der Waals surface area contributed by atoms with Gasteiger partial charge >= 0.3 is 0 Å². The molecule has 0 saturated heterocycles. The van der Waals surface area contributed by atoms with Crippen LogP contribution in [-0.4, -0.2) is 33.3 Å². The van der Waals surface area contributed by atoms with Crippen LogP contribution in [0.25, 0.3) is 0 Å². The Balaban J connectivity index is 0.00000312. The van der Waals surface area contributed by atoms with E-state index >= 15 is 0 Å². The number of nitrogens with zero attached hydrogens (tertiary/aromatic N) is 4. The van der Waals surface area contributed by atoms with Crippen LogP contribution in [0.3, 0.4) is 0 Å². The lowest BCUT2D eigenvalue weighted by atomic mass is 10.1. The van der Waals surface area contributed by atoms with E-state index in [-0.39, 0.29) is 30.0 Å². The molecule has 0 saturated carbocycles. The number of hydrogen-bond donors (Lipinski definition) is 2. The van der Waals surface area contributed by atoms with Crippen LogP contribution in [0.5, 0.6) is 0 Å². The van der Waals surface area contributed by atoms with Crippen molar-refractivity contribution in [2.75, 3.05) is 6.54 Å². The van der Waals surface area contributed by atoms with Gasteiger partial charge in [-0.05, 0) is 51.8 Å². The van der Waals surface area contributed by atoms with Crippen LogP contribution < -0.4 is 10.6 Å². The van der Waals surface area contributed by atoms with Gasteiger partial charge in [-0.1, -0.05) is 6.07 Å².